The molecule has 0 aliphatic rings. The summed E-state index contributed by atoms with van der Waals surface area (Å²) < 4.78 is 16.2. The third-order valence-electron chi connectivity index (χ3n) is 4.12. The number of hydrogen-bond donors (Lipinski definition) is 1. The number of carbonyl (C=O) groups excluding carboxylic acids is 1. The van der Waals surface area contributed by atoms with Gasteiger partial charge in [0.2, 0.25) is 5.91 Å². The zero-order valence-corrected chi connectivity index (χ0v) is 16.2. The first-order valence-corrected chi connectivity index (χ1v) is 9.09. The van der Waals surface area contributed by atoms with Crippen LogP contribution in [0.15, 0.2) is 71.2 Å². The highest BCUT2D eigenvalue weighted by molar-refractivity contribution is 5.91. The average Bonchev–Trinajstić information content (AvgIpc) is 3.25. The van der Waals surface area contributed by atoms with Gasteiger partial charge in [0.05, 0.1) is 13.2 Å². The van der Waals surface area contributed by atoms with Gasteiger partial charge >= 0.3 is 5.88 Å². The Kier molecular flexibility index (Phi) is 6.83. The molecule has 0 unspecified atom stereocenters. The Morgan fingerprint density at radius 1 is 1.10 bits per heavy atom. The largest absolute Gasteiger partial charge is 0.493 e. The lowest BCUT2D eigenvalue weighted by molar-refractivity contribution is -0.402. The summed E-state index contributed by atoms with van der Waals surface area (Å²) in [6.07, 6.45) is 2.61. The third kappa shape index (κ3) is 5.71. The maximum absolute atomic E-state index is 12.0. The Hall–Kier alpha value is -4.07. The Bertz CT molecular complexity index is 1040. The van der Waals surface area contributed by atoms with Gasteiger partial charge in [-0.25, -0.2) is 0 Å². The van der Waals surface area contributed by atoms with E-state index in [-0.39, 0.29) is 24.1 Å². The second-order valence-corrected chi connectivity index (χ2v) is 6.24. The first-order valence-electron chi connectivity index (χ1n) is 9.09. The molecule has 3 aromatic rings. The van der Waals surface area contributed by atoms with E-state index in [4.69, 9.17) is 13.9 Å². The van der Waals surface area contributed by atoms with Gasteiger partial charge in [-0.05, 0) is 35.4 Å². The zero-order chi connectivity index (χ0) is 21.3. The summed E-state index contributed by atoms with van der Waals surface area (Å²) in [5.41, 5.74) is 1.87. The van der Waals surface area contributed by atoms with Gasteiger partial charge < -0.3 is 19.2 Å². The Labute approximate surface area is 172 Å². The van der Waals surface area contributed by atoms with Gasteiger partial charge in [-0.2, -0.15) is 0 Å². The van der Waals surface area contributed by atoms with Crippen LogP contribution in [0.4, 0.5) is 5.88 Å². The monoisotopic (exact) mass is 408 g/mol. The molecule has 154 valence electrons. The van der Waals surface area contributed by atoms with E-state index in [0.29, 0.717) is 18.1 Å². The van der Waals surface area contributed by atoms with E-state index in [9.17, 15) is 14.9 Å². The lowest BCUT2D eigenvalue weighted by Crippen LogP contribution is -2.20. The quantitative estimate of drug-likeness (QED) is 0.325. The van der Waals surface area contributed by atoms with Crippen molar-refractivity contribution in [3.63, 3.8) is 0 Å². The molecule has 0 saturated heterocycles. The van der Waals surface area contributed by atoms with Crippen LogP contribution in [0.1, 0.15) is 16.9 Å². The second kappa shape index (κ2) is 9.92. The summed E-state index contributed by atoms with van der Waals surface area (Å²) in [5, 5.41) is 13.3. The van der Waals surface area contributed by atoms with Crippen LogP contribution in [0.25, 0.3) is 6.08 Å². The summed E-state index contributed by atoms with van der Waals surface area (Å²) in [4.78, 5) is 21.9. The van der Waals surface area contributed by atoms with Crippen molar-refractivity contribution in [2.75, 3.05) is 7.11 Å². The molecule has 1 heterocycles. The fourth-order valence-corrected chi connectivity index (χ4v) is 2.61. The predicted octanol–water partition coefficient (Wildman–Crippen LogP) is 4.11. The van der Waals surface area contributed by atoms with Gasteiger partial charge in [-0.1, -0.05) is 36.4 Å². The molecule has 1 aromatic heterocycles. The van der Waals surface area contributed by atoms with Crippen molar-refractivity contribution in [2.24, 2.45) is 0 Å². The summed E-state index contributed by atoms with van der Waals surface area (Å²) in [6.45, 7) is 0.694. The van der Waals surface area contributed by atoms with Crippen molar-refractivity contribution < 1.29 is 23.6 Å². The van der Waals surface area contributed by atoms with Crippen molar-refractivity contribution >= 4 is 17.9 Å². The van der Waals surface area contributed by atoms with E-state index in [1.165, 1.54) is 24.3 Å². The fourth-order valence-electron chi connectivity index (χ4n) is 2.61. The van der Waals surface area contributed by atoms with Crippen LogP contribution in [-0.2, 0) is 17.9 Å². The van der Waals surface area contributed by atoms with Crippen LogP contribution < -0.4 is 14.8 Å². The first-order chi connectivity index (χ1) is 14.5. The predicted molar refractivity (Wildman–Crippen MR) is 110 cm³/mol. The van der Waals surface area contributed by atoms with E-state index in [1.807, 2.05) is 36.4 Å². The van der Waals surface area contributed by atoms with Gasteiger partial charge in [-0.15, -0.1) is 0 Å². The maximum Gasteiger partial charge on any atom is 0.433 e. The lowest BCUT2D eigenvalue weighted by Gasteiger charge is -2.12. The SMILES string of the molecule is COc1cc(CNC(=O)/C=C/c2ccc([N+](=O)[O-])o2)ccc1OCc1ccccc1. The number of hydrogen-bond acceptors (Lipinski definition) is 6. The molecule has 3 rings (SSSR count). The van der Waals surface area contributed by atoms with Gasteiger partial charge in [0.25, 0.3) is 0 Å². The molecule has 0 bridgehead atoms. The molecule has 0 radical (unpaired) electrons. The van der Waals surface area contributed by atoms with Crippen molar-refractivity contribution in [1.82, 2.24) is 5.32 Å². The minimum atomic E-state index is -0.641. The minimum Gasteiger partial charge on any atom is -0.493 e. The fraction of sp³-hybridized carbons (Fsp3) is 0.136. The molecular weight excluding hydrogens is 388 g/mol. The van der Waals surface area contributed by atoms with Crippen LogP contribution in [0.5, 0.6) is 11.5 Å². The summed E-state index contributed by atoms with van der Waals surface area (Å²) in [7, 11) is 1.55. The number of amides is 1. The first kappa shape index (κ1) is 20.7. The molecule has 0 saturated carbocycles. The topological polar surface area (TPSA) is 104 Å². The summed E-state index contributed by atoms with van der Waals surface area (Å²) in [6, 6.07) is 17.9. The molecular formula is C22H20N2O6. The van der Waals surface area contributed by atoms with E-state index in [1.54, 1.807) is 19.2 Å². The number of ether oxygens (including phenoxy) is 2. The van der Waals surface area contributed by atoms with Crippen molar-refractivity contribution in [1.29, 1.82) is 0 Å². The Balaban J connectivity index is 1.54. The Morgan fingerprint density at radius 2 is 1.90 bits per heavy atom. The normalized spacial score (nSPS) is 10.7. The van der Waals surface area contributed by atoms with E-state index in [0.717, 1.165) is 11.1 Å². The number of nitrogens with one attached hydrogen (secondary N) is 1. The Morgan fingerprint density at radius 3 is 2.60 bits per heavy atom. The minimum absolute atomic E-state index is 0.221. The molecule has 0 atom stereocenters. The van der Waals surface area contributed by atoms with E-state index < -0.39 is 4.92 Å². The van der Waals surface area contributed by atoms with Crippen molar-refractivity contribution in [2.45, 2.75) is 13.2 Å². The summed E-state index contributed by atoms with van der Waals surface area (Å²) in [5.74, 6) is 0.652. The molecule has 8 nitrogen and oxygen atoms in total. The standard InChI is InChI=1S/C22H20N2O6/c1-28-20-13-17(7-10-19(20)29-15-16-5-3-2-4-6-16)14-23-21(25)11-8-18-9-12-22(30-18)24(26)27/h2-13H,14-15H2,1H3,(H,23,25)/b11-8+. The van der Waals surface area contributed by atoms with Crippen LogP contribution in [0.3, 0.4) is 0 Å². The molecule has 0 spiro atoms. The summed E-state index contributed by atoms with van der Waals surface area (Å²) >= 11 is 0. The number of methoxy groups -OCH3 is 1. The van der Waals surface area contributed by atoms with Gasteiger partial charge in [0.15, 0.2) is 11.5 Å². The molecule has 1 amide bonds. The maximum atomic E-state index is 12.0. The van der Waals surface area contributed by atoms with Gasteiger partial charge in [0.1, 0.15) is 17.3 Å². The second-order valence-electron chi connectivity index (χ2n) is 6.24. The lowest BCUT2D eigenvalue weighted by atomic mass is 10.2. The highest BCUT2D eigenvalue weighted by atomic mass is 16.6. The van der Waals surface area contributed by atoms with Crippen molar-refractivity contribution in [3.05, 3.63) is 93.7 Å². The molecule has 8 heteroatoms. The van der Waals surface area contributed by atoms with Crippen LogP contribution in [-0.4, -0.2) is 17.9 Å². The van der Waals surface area contributed by atoms with Crippen LogP contribution >= 0.6 is 0 Å². The van der Waals surface area contributed by atoms with E-state index >= 15 is 0 Å². The number of furan rings is 1. The third-order valence-corrected chi connectivity index (χ3v) is 4.12. The number of rotatable bonds is 9. The van der Waals surface area contributed by atoms with Gasteiger partial charge in [0, 0.05) is 12.6 Å². The highest BCUT2D eigenvalue weighted by Gasteiger charge is 2.10. The zero-order valence-electron chi connectivity index (χ0n) is 16.2. The highest BCUT2D eigenvalue weighted by Crippen LogP contribution is 2.28. The van der Waals surface area contributed by atoms with Crippen LogP contribution in [0, 0.1) is 10.1 Å². The van der Waals surface area contributed by atoms with Gasteiger partial charge in [-0.3, -0.25) is 14.9 Å². The molecule has 30 heavy (non-hydrogen) atoms. The smallest absolute Gasteiger partial charge is 0.433 e. The van der Waals surface area contributed by atoms with Crippen molar-refractivity contribution in [3.8, 4) is 11.5 Å². The number of nitrogens with zero attached hydrogens (tertiary/aromatic N) is 1. The molecule has 0 aliphatic heterocycles. The molecule has 2 aromatic carbocycles. The average molecular weight is 408 g/mol. The van der Waals surface area contributed by atoms with Crippen LogP contribution in [0.2, 0.25) is 0 Å². The molecule has 0 fully saturated rings. The van der Waals surface area contributed by atoms with E-state index in [2.05, 4.69) is 5.32 Å². The number of nitro groups is 1. The molecule has 0 aliphatic carbocycles. The number of carbonyl (C=O) groups is 1. The number of benzene rings is 2. The molecule has 1 N–H and O–H groups in total.